The van der Waals surface area contributed by atoms with Crippen LogP contribution < -0.4 is 11.1 Å². The fourth-order valence-electron chi connectivity index (χ4n) is 2.91. The molecule has 1 atom stereocenters. The lowest BCUT2D eigenvalue weighted by Crippen LogP contribution is -2.50. The molecular weight excluding hydrogens is 302 g/mol. The van der Waals surface area contributed by atoms with Gasteiger partial charge in [0, 0.05) is 32.1 Å². The van der Waals surface area contributed by atoms with Crippen LogP contribution in [0.15, 0.2) is 0 Å². The van der Waals surface area contributed by atoms with Crippen molar-refractivity contribution in [3.05, 3.63) is 0 Å². The number of hydrogen-bond donors (Lipinski definition) is 2. The zero-order chi connectivity index (χ0) is 16.6. The van der Waals surface area contributed by atoms with E-state index in [-0.39, 0.29) is 30.0 Å². The maximum Gasteiger partial charge on any atom is 0.221 e. The second kappa shape index (κ2) is 9.47. The quantitative estimate of drug-likeness (QED) is 0.660. The number of piperidine rings is 1. The van der Waals surface area contributed by atoms with Gasteiger partial charge in [-0.1, -0.05) is 33.1 Å². The maximum atomic E-state index is 12.7. The van der Waals surface area contributed by atoms with Gasteiger partial charge in [-0.15, -0.1) is 0 Å². The third kappa shape index (κ3) is 5.85. The summed E-state index contributed by atoms with van der Waals surface area (Å²) in [7, 11) is -3.26. The molecule has 6 nitrogen and oxygen atoms in total. The Morgan fingerprint density at radius 2 is 2.00 bits per heavy atom. The van der Waals surface area contributed by atoms with Crippen molar-refractivity contribution in [2.24, 2.45) is 11.7 Å². The average Bonchev–Trinajstić information content (AvgIpc) is 2.51. The fraction of sp³-hybridized carbons (Fsp3) is 0.933. The van der Waals surface area contributed by atoms with Gasteiger partial charge in [0.2, 0.25) is 15.9 Å². The molecule has 1 rings (SSSR count). The molecule has 1 heterocycles. The Bertz CT molecular complexity index is 435. The second-order valence-corrected chi connectivity index (χ2v) is 8.03. The van der Waals surface area contributed by atoms with Gasteiger partial charge in [-0.25, -0.2) is 8.42 Å². The van der Waals surface area contributed by atoms with Crippen LogP contribution in [0.5, 0.6) is 0 Å². The summed E-state index contributed by atoms with van der Waals surface area (Å²) in [4.78, 5) is 11.6. The molecule has 1 unspecified atom stereocenters. The first-order chi connectivity index (χ1) is 10.4. The van der Waals surface area contributed by atoms with Crippen molar-refractivity contribution in [3.63, 3.8) is 0 Å². The average molecular weight is 333 g/mol. The summed E-state index contributed by atoms with van der Waals surface area (Å²) in [6.07, 6.45) is 4.75. The second-order valence-electron chi connectivity index (χ2n) is 6.06. The first-order valence-corrected chi connectivity index (χ1v) is 10.0. The molecule has 0 aromatic rings. The van der Waals surface area contributed by atoms with Crippen molar-refractivity contribution < 1.29 is 13.2 Å². The van der Waals surface area contributed by atoms with E-state index in [1.807, 2.05) is 13.8 Å². The van der Waals surface area contributed by atoms with Crippen LogP contribution in [-0.2, 0) is 14.8 Å². The lowest BCUT2D eigenvalue weighted by atomic mass is 10.1. The summed E-state index contributed by atoms with van der Waals surface area (Å²) in [5.74, 6) is 0.317. The van der Waals surface area contributed by atoms with Gasteiger partial charge in [0.25, 0.3) is 0 Å². The van der Waals surface area contributed by atoms with E-state index in [9.17, 15) is 13.2 Å². The number of carbonyl (C=O) groups is 1. The Hall–Kier alpha value is -0.660. The van der Waals surface area contributed by atoms with E-state index in [0.717, 1.165) is 32.1 Å². The van der Waals surface area contributed by atoms with Crippen LogP contribution in [0, 0.1) is 5.92 Å². The van der Waals surface area contributed by atoms with Gasteiger partial charge in [-0.2, -0.15) is 4.31 Å². The molecule has 0 aromatic heterocycles. The van der Waals surface area contributed by atoms with Gasteiger partial charge in [0.1, 0.15) is 0 Å². The van der Waals surface area contributed by atoms with E-state index >= 15 is 0 Å². The van der Waals surface area contributed by atoms with Crippen LogP contribution in [0.4, 0.5) is 0 Å². The number of nitrogens with two attached hydrogens (primary N) is 1. The van der Waals surface area contributed by atoms with Crippen molar-refractivity contribution in [1.29, 1.82) is 0 Å². The molecule has 1 amide bonds. The number of rotatable bonds is 9. The smallest absolute Gasteiger partial charge is 0.221 e. The highest BCUT2D eigenvalue weighted by Gasteiger charge is 2.33. The Morgan fingerprint density at radius 1 is 1.32 bits per heavy atom. The Balaban J connectivity index is 2.69. The van der Waals surface area contributed by atoms with Crippen LogP contribution in [0.1, 0.15) is 52.4 Å². The topological polar surface area (TPSA) is 92.5 Å². The van der Waals surface area contributed by atoms with Crippen molar-refractivity contribution >= 4 is 15.9 Å². The summed E-state index contributed by atoms with van der Waals surface area (Å²) < 4.78 is 27.0. The molecule has 130 valence electrons. The molecule has 0 spiro atoms. The Labute approximate surface area is 134 Å². The molecule has 0 aliphatic carbocycles. The molecular formula is C15H31N3O3S. The number of nitrogens with zero attached hydrogens (tertiary/aromatic N) is 1. The first-order valence-electron chi connectivity index (χ1n) is 8.40. The number of hydrogen-bond acceptors (Lipinski definition) is 4. The molecule has 1 aliphatic heterocycles. The van der Waals surface area contributed by atoms with Crippen LogP contribution >= 0.6 is 0 Å². The van der Waals surface area contributed by atoms with Crippen molar-refractivity contribution in [2.45, 2.75) is 58.4 Å². The lowest BCUT2D eigenvalue weighted by Gasteiger charge is -2.35. The molecule has 1 saturated heterocycles. The fourth-order valence-corrected chi connectivity index (χ4v) is 5.21. The highest BCUT2D eigenvalue weighted by molar-refractivity contribution is 7.89. The van der Waals surface area contributed by atoms with Crippen molar-refractivity contribution in [3.8, 4) is 0 Å². The van der Waals surface area contributed by atoms with E-state index in [2.05, 4.69) is 5.32 Å². The minimum atomic E-state index is -3.26. The molecule has 22 heavy (non-hydrogen) atoms. The lowest BCUT2D eigenvalue weighted by molar-refractivity contribution is -0.121. The summed E-state index contributed by atoms with van der Waals surface area (Å²) >= 11 is 0. The molecule has 0 saturated carbocycles. The van der Waals surface area contributed by atoms with E-state index in [1.54, 1.807) is 4.31 Å². The highest BCUT2D eigenvalue weighted by Crippen LogP contribution is 2.23. The minimum Gasteiger partial charge on any atom is -0.354 e. The predicted octanol–water partition coefficient (Wildman–Crippen LogP) is 1.07. The number of carbonyl (C=O) groups excluding carboxylic acids is 1. The van der Waals surface area contributed by atoms with E-state index in [4.69, 9.17) is 5.73 Å². The van der Waals surface area contributed by atoms with Gasteiger partial charge in [-0.05, 0) is 18.8 Å². The van der Waals surface area contributed by atoms with E-state index in [1.165, 1.54) is 0 Å². The maximum absolute atomic E-state index is 12.7. The molecule has 1 fully saturated rings. The van der Waals surface area contributed by atoms with Gasteiger partial charge in [0.15, 0.2) is 0 Å². The zero-order valence-corrected chi connectivity index (χ0v) is 14.7. The number of amides is 1. The summed E-state index contributed by atoms with van der Waals surface area (Å²) in [5.41, 5.74) is 5.35. The van der Waals surface area contributed by atoms with Crippen molar-refractivity contribution in [1.82, 2.24) is 9.62 Å². The molecule has 3 N–H and O–H groups in total. The van der Waals surface area contributed by atoms with Crippen LogP contribution in [0.25, 0.3) is 0 Å². The largest absolute Gasteiger partial charge is 0.354 e. The number of nitrogens with one attached hydrogen (secondary N) is 1. The zero-order valence-electron chi connectivity index (χ0n) is 13.9. The third-order valence-corrected chi connectivity index (χ3v) is 6.53. The molecule has 1 aliphatic rings. The predicted molar refractivity (Wildman–Crippen MR) is 88.9 cm³/mol. The highest BCUT2D eigenvalue weighted by atomic mass is 32.2. The standard InChI is InChI=1S/C15H31N3O3S/c1-3-13(4-2)12-22(20,21)18-10-6-5-7-14(18)11-17-15(19)8-9-16/h13-14H,3-12,16H2,1-2H3,(H,17,19). The molecule has 7 heteroatoms. The number of sulfonamides is 1. The van der Waals surface area contributed by atoms with Gasteiger partial charge in [-0.3, -0.25) is 4.79 Å². The minimum absolute atomic E-state index is 0.106. The molecule has 0 aromatic carbocycles. The van der Waals surface area contributed by atoms with Gasteiger partial charge in [0.05, 0.1) is 5.75 Å². The van der Waals surface area contributed by atoms with Gasteiger partial charge >= 0.3 is 0 Å². The summed E-state index contributed by atoms with van der Waals surface area (Å²) in [6, 6.07) is -0.116. The van der Waals surface area contributed by atoms with Crippen LogP contribution in [0.2, 0.25) is 0 Å². The summed E-state index contributed by atoms with van der Waals surface area (Å²) in [5, 5.41) is 2.81. The van der Waals surface area contributed by atoms with E-state index < -0.39 is 10.0 Å². The SMILES string of the molecule is CCC(CC)CS(=O)(=O)N1CCCCC1CNC(=O)CCN. The van der Waals surface area contributed by atoms with Gasteiger partial charge < -0.3 is 11.1 Å². The van der Waals surface area contributed by atoms with Crippen molar-refractivity contribution in [2.75, 3.05) is 25.4 Å². The molecule has 0 bridgehead atoms. The molecule has 0 radical (unpaired) electrons. The Kier molecular flexibility index (Phi) is 8.35. The third-order valence-electron chi connectivity index (χ3n) is 4.44. The monoisotopic (exact) mass is 333 g/mol. The van der Waals surface area contributed by atoms with Crippen LogP contribution in [-0.4, -0.2) is 50.1 Å². The first kappa shape index (κ1) is 19.4. The Morgan fingerprint density at radius 3 is 2.59 bits per heavy atom. The van der Waals surface area contributed by atoms with Crippen LogP contribution in [0.3, 0.4) is 0 Å². The summed E-state index contributed by atoms with van der Waals surface area (Å²) in [6.45, 7) is 5.34. The normalized spacial score (nSPS) is 20.3. The van der Waals surface area contributed by atoms with E-state index in [0.29, 0.717) is 19.6 Å².